The molecule has 0 spiro atoms. The van der Waals surface area contributed by atoms with E-state index in [-0.39, 0.29) is 43.4 Å². The zero-order valence-corrected chi connectivity index (χ0v) is 24.5. The van der Waals surface area contributed by atoms with Crippen molar-refractivity contribution in [1.29, 1.82) is 0 Å². The summed E-state index contributed by atoms with van der Waals surface area (Å²) in [5, 5.41) is 5.61. The Hall–Kier alpha value is -4.91. The number of carbonyl (C=O) groups excluding carboxylic acids is 3. The Balaban J connectivity index is 1.44. The average molecular weight is 605 g/mol. The molecule has 2 N–H and O–H groups in total. The molecule has 0 aliphatic carbocycles. The number of amides is 1. The van der Waals surface area contributed by atoms with Crippen molar-refractivity contribution in [3.8, 4) is 0 Å². The summed E-state index contributed by atoms with van der Waals surface area (Å²) in [4.78, 5) is 50.8. The molecule has 4 aromatic rings. The van der Waals surface area contributed by atoms with Crippen LogP contribution in [0.3, 0.4) is 0 Å². The molecule has 0 radical (unpaired) electrons. The van der Waals surface area contributed by atoms with Gasteiger partial charge in [0.15, 0.2) is 35.0 Å². The maximum absolute atomic E-state index is 16.8. The number of hydrogen-bond acceptors (Lipinski definition) is 10. The Kier molecular flexibility index (Phi) is 9.14. The van der Waals surface area contributed by atoms with Crippen LogP contribution < -0.4 is 10.6 Å². The first-order valence-corrected chi connectivity index (χ1v) is 14.2. The summed E-state index contributed by atoms with van der Waals surface area (Å²) in [5.41, 5.74) is -0.355. The number of halogens is 1. The van der Waals surface area contributed by atoms with E-state index in [0.717, 1.165) is 5.56 Å². The van der Waals surface area contributed by atoms with Gasteiger partial charge in [0.25, 0.3) is 0 Å². The van der Waals surface area contributed by atoms with Crippen LogP contribution in [0.5, 0.6) is 0 Å². The van der Waals surface area contributed by atoms with E-state index in [4.69, 9.17) is 14.2 Å². The van der Waals surface area contributed by atoms with E-state index in [1.807, 2.05) is 36.4 Å². The molecule has 3 heterocycles. The number of fused-ring (bicyclic) bond motifs is 1. The second kappa shape index (κ2) is 13.2. The average Bonchev–Trinajstić information content (AvgIpc) is 3.53. The molecule has 1 aliphatic rings. The number of ether oxygens (including phenoxy) is 3. The fraction of sp³-hybridized carbons (Fsp3) is 0.355. The summed E-state index contributed by atoms with van der Waals surface area (Å²) in [7, 11) is 1.63. The van der Waals surface area contributed by atoms with Gasteiger partial charge in [0.05, 0.1) is 19.2 Å². The Bertz CT molecular complexity index is 1630. The number of benzene rings is 2. The number of rotatable bonds is 11. The van der Waals surface area contributed by atoms with Gasteiger partial charge < -0.3 is 19.5 Å². The van der Waals surface area contributed by atoms with Crippen molar-refractivity contribution in [2.45, 2.75) is 57.2 Å². The minimum Gasteiger partial charge on any atom is -0.463 e. The van der Waals surface area contributed by atoms with Crippen LogP contribution in [-0.4, -0.2) is 68.9 Å². The number of anilines is 2. The van der Waals surface area contributed by atoms with Gasteiger partial charge in [0.2, 0.25) is 11.9 Å². The fourth-order valence-corrected chi connectivity index (χ4v) is 5.02. The molecule has 1 amide bonds. The van der Waals surface area contributed by atoms with Crippen molar-refractivity contribution in [1.82, 2.24) is 19.5 Å². The van der Waals surface area contributed by atoms with Gasteiger partial charge in [0, 0.05) is 13.5 Å². The molecule has 0 saturated carbocycles. The summed E-state index contributed by atoms with van der Waals surface area (Å²) < 4.78 is 35.2. The topological polar surface area (TPSA) is 147 Å². The second-order valence-corrected chi connectivity index (χ2v) is 10.5. The van der Waals surface area contributed by atoms with Gasteiger partial charge in [-0.05, 0) is 18.1 Å². The van der Waals surface area contributed by atoms with Crippen LogP contribution in [0.15, 0.2) is 67.0 Å². The number of imidazole rings is 1. The lowest BCUT2D eigenvalue weighted by molar-refractivity contribution is -0.160. The van der Waals surface area contributed by atoms with Crippen molar-refractivity contribution < 1.29 is 33.0 Å². The van der Waals surface area contributed by atoms with Crippen molar-refractivity contribution >= 4 is 40.8 Å². The normalized spacial score (nSPS) is 21.1. The zero-order valence-electron chi connectivity index (χ0n) is 24.5. The monoisotopic (exact) mass is 604 g/mol. The zero-order chi connectivity index (χ0) is 31.3. The molecule has 44 heavy (non-hydrogen) atoms. The summed E-state index contributed by atoms with van der Waals surface area (Å²) in [6, 6.07) is 18.1. The highest BCUT2D eigenvalue weighted by Gasteiger charge is 2.58. The van der Waals surface area contributed by atoms with Crippen LogP contribution in [0.1, 0.15) is 37.6 Å². The van der Waals surface area contributed by atoms with Crippen molar-refractivity contribution in [3.05, 3.63) is 78.1 Å². The molecular formula is C31H33FN6O6. The Labute approximate surface area is 252 Å². The Morgan fingerprint density at radius 2 is 1.66 bits per heavy atom. The lowest BCUT2D eigenvalue weighted by Gasteiger charge is -2.27. The summed E-state index contributed by atoms with van der Waals surface area (Å²) >= 11 is 0. The third kappa shape index (κ3) is 6.67. The van der Waals surface area contributed by atoms with Crippen LogP contribution in [0, 0.1) is 0 Å². The number of carbonyl (C=O) groups is 3. The molecule has 13 heteroatoms. The minimum absolute atomic E-state index is 0.0256. The van der Waals surface area contributed by atoms with Crippen LogP contribution in [-0.2, 0) is 41.4 Å². The number of alkyl halides is 1. The van der Waals surface area contributed by atoms with Crippen LogP contribution in [0.25, 0.3) is 11.2 Å². The van der Waals surface area contributed by atoms with Gasteiger partial charge >= 0.3 is 11.9 Å². The molecule has 1 saturated heterocycles. The first kappa shape index (κ1) is 30.5. The van der Waals surface area contributed by atoms with Gasteiger partial charge in [-0.25, -0.2) is 9.37 Å². The highest BCUT2D eigenvalue weighted by molar-refractivity contribution is 5.92. The molecule has 2 aromatic heterocycles. The third-order valence-electron chi connectivity index (χ3n) is 7.20. The molecule has 2 aromatic carbocycles. The fourth-order valence-electron chi connectivity index (χ4n) is 5.02. The molecule has 0 unspecified atom stereocenters. The highest BCUT2D eigenvalue weighted by atomic mass is 19.1. The second-order valence-electron chi connectivity index (χ2n) is 10.5. The Morgan fingerprint density at radius 3 is 2.30 bits per heavy atom. The molecule has 5 rings (SSSR count). The number of hydrogen-bond donors (Lipinski definition) is 2. The quantitative estimate of drug-likeness (QED) is 0.243. The first-order chi connectivity index (χ1) is 21.2. The first-order valence-electron chi connectivity index (χ1n) is 14.2. The van der Waals surface area contributed by atoms with Crippen LogP contribution in [0.4, 0.5) is 16.2 Å². The Morgan fingerprint density at radius 1 is 1.00 bits per heavy atom. The summed E-state index contributed by atoms with van der Waals surface area (Å²) in [6.07, 6.45) is -2.49. The van der Waals surface area contributed by atoms with E-state index in [9.17, 15) is 14.4 Å². The molecular weight excluding hydrogens is 571 g/mol. The van der Waals surface area contributed by atoms with Crippen LogP contribution >= 0.6 is 0 Å². The standard InChI is InChI=1S/C31H33FN6O6/c1-4-23(40)42-17-21-26(44-24(41)16-20-13-9-6-10-14-20)31(2,32)29(43-21)38-18-34-25-27(33-3)36-30(37-28(25)38)35-22(39)15-19-11-7-5-8-12-19/h5-14,18,21,26,29H,4,15-17H2,1-3H3,(H2,33,35,36,37,39)/t21-,26-,29-,31-/m1/s1. The highest BCUT2D eigenvalue weighted by Crippen LogP contribution is 2.44. The lowest BCUT2D eigenvalue weighted by atomic mass is 9.98. The lowest BCUT2D eigenvalue weighted by Crippen LogP contribution is -2.44. The number of esters is 2. The number of nitrogens with zero attached hydrogens (tertiary/aromatic N) is 4. The number of nitrogens with one attached hydrogen (secondary N) is 2. The predicted octanol–water partition coefficient (Wildman–Crippen LogP) is 3.78. The van der Waals surface area contributed by atoms with Crippen LogP contribution in [0.2, 0.25) is 0 Å². The molecule has 0 bridgehead atoms. The van der Waals surface area contributed by atoms with Gasteiger partial charge in [-0.1, -0.05) is 67.6 Å². The van der Waals surface area contributed by atoms with E-state index in [1.54, 1.807) is 38.2 Å². The maximum Gasteiger partial charge on any atom is 0.310 e. The van der Waals surface area contributed by atoms with Crippen molar-refractivity contribution in [3.63, 3.8) is 0 Å². The maximum atomic E-state index is 16.8. The van der Waals surface area contributed by atoms with E-state index in [0.29, 0.717) is 16.9 Å². The molecule has 12 nitrogen and oxygen atoms in total. The smallest absolute Gasteiger partial charge is 0.310 e. The number of aromatic nitrogens is 4. The molecule has 230 valence electrons. The van der Waals surface area contributed by atoms with E-state index in [1.165, 1.54) is 17.8 Å². The minimum atomic E-state index is -2.31. The van der Waals surface area contributed by atoms with Crippen molar-refractivity contribution in [2.75, 3.05) is 24.3 Å². The van der Waals surface area contributed by atoms with Gasteiger partial charge in [0.1, 0.15) is 12.7 Å². The summed E-state index contributed by atoms with van der Waals surface area (Å²) in [5.74, 6) is -1.26. The predicted molar refractivity (Wildman–Crippen MR) is 158 cm³/mol. The summed E-state index contributed by atoms with van der Waals surface area (Å²) in [6.45, 7) is 2.54. The molecule has 1 fully saturated rings. The van der Waals surface area contributed by atoms with E-state index >= 15 is 4.39 Å². The van der Waals surface area contributed by atoms with Crippen molar-refractivity contribution in [2.24, 2.45) is 0 Å². The van der Waals surface area contributed by atoms with Gasteiger partial charge in [-0.15, -0.1) is 0 Å². The SMILES string of the molecule is CCC(=O)OC[C@H]1O[C@@H](n2cnc3c(NC)nc(NC(=O)Cc4ccccc4)nc32)[C@](C)(F)[C@@H]1OC(=O)Cc1ccccc1. The third-order valence-corrected chi connectivity index (χ3v) is 7.20. The van der Waals surface area contributed by atoms with E-state index in [2.05, 4.69) is 25.6 Å². The van der Waals surface area contributed by atoms with Gasteiger partial charge in [-0.3, -0.25) is 24.3 Å². The largest absolute Gasteiger partial charge is 0.463 e. The molecule has 4 atom stereocenters. The molecule has 1 aliphatic heterocycles. The van der Waals surface area contributed by atoms with E-state index < -0.39 is 36.0 Å². The van der Waals surface area contributed by atoms with Gasteiger partial charge in [-0.2, -0.15) is 9.97 Å².